The lowest BCUT2D eigenvalue weighted by atomic mass is 9.78. The van der Waals surface area contributed by atoms with E-state index in [1.807, 2.05) is 30.3 Å². The standard InChI is InChI=1S/C19H18FO5/c20-14-8-4-7-13(9-14)19(22)16(21)11-23-15-10-24-18(25-17(15)19)12-5-2-1-3-6-12/h1-7,9,15-18,21-22H,10-11H2/t15-,16+,17-,18?,19-/m1/s1. The Morgan fingerprint density at radius 1 is 1.12 bits per heavy atom. The number of hydrogen-bond acceptors (Lipinski definition) is 5. The molecule has 0 saturated carbocycles. The molecular weight excluding hydrogens is 327 g/mol. The molecule has 5 atom stereocenters. The van der Waals surface area contributed by atoms with Crippen molar-refractivity contribution in [2.75, 3.05) is 13.2 Å². The monoisotopic (exact) mass is 345 g/mol. The van der Waals surface area contributed by atoms with Crippen LogP contribution in [0.3, 0.4) is 0 Å². The summed E-state index contributed by atoms with van der Waals surface area (Å²) in [4.78, 5) is 0. The number of benzene rings is 2. The van der Waals surface area contributed by atoms with Gasteiger partial charge in [0.2, 0.25) is 0 Å². The van der Waals surface area contributed by atoms with Crippen LogP contribution in [0.15, 0.2) is 48.5 Å². The number of aliphatic hydroxyl groups is 2. The molecule has 5 nitrogen and oxygen atoms in total. The zero-order valence-corrected chi connectivity index (χ0v) is 13.3. The summed E-state index contributed by atoms with van der Waals surface area (Å²) < 4.78 is 30.9. The lowest BCUT2D eigenvalue weighted by Crippen LogP contribution is -2.64. The maximum Gasteiger partial charge on any atom is 0.184 e. The molecule has 4 rings (SSSR count). The smallest absolute Gasteiger partial charge is 0.184 e. The van der Waals surface area contributed by atoms with Gasteiger partial charge < -0.3 is 24.4 Å². The van der Waals surface area contributed by atoms with Gasteiger partial charge in [0.25, 0.3) is 0 Å². The molecule has 2 heterocycles. The minimum atomic E-state index is -1.81. The van der Waals surface area contributed by atoms with E-state index in [9.17, 15) is 14.6 Å². The van der Waals surface area contributed by atoms with Crippen molar-refractivity contribution >= 4 is 0 Å². The molecule has 2 saturated heterocycles. The zero-order chi connectivity index (χ0) is 17.4. The van der Waals surface area contributed by atoms with Crippen LogP contribution >= 0.6 is 0 Å². The molecule has 131 valence electrons. The molecule has 0 aliphatic carbocycles. The van der Waals surface area contributed by atoms with Gasteiger partial charge in [0, 0.05) is 11.6 Å². The normalized spacial score (nSPS) is 35.2. The van der Waals surface area contributed by atoms with Crippen molar-refractivity contribution in [1.29, 1.82) is 0 Å². The molecule has 0 spiro atoms. The van der Waals surface area contributed by atoms with Crippen molar-refractivity contribution in [3.05, 3.63) is 71.5 Å². The van der Waals surface area contributed by atoms with Crippen LogP contribution in [0.4, 0.5) is 4.39 Å². The highest BCUT2D eigenvalue weighted by atomic mass is 19.1. The number of hydrogen-bond donors (Lipinski definition) is 2. The number of aliphatic hydroxyl groups excluding tert-OH is 1. The third-order valence-corrected chi connectivity index (χ3v) is 4.73. The fourth-order valence-electron chi connectivity index (χ4n) is 3.41. The Hall–Kier alpha value is -1.83. The Kier molecular flexibility index (Phi) is 4.31. The highest BCUT2D eigenvalue weighted by molar-refractivity contribution is 5.28. The number of ether oxygens (including phenoxy) is 3. The quantitative estimate of drug-likeness (QED) is 0.867. The van der Waals surface area contributed by atoms with Gasteiger partial charge in [-0.1, -0.05) is 42.5 Å². The van der Waals surface area contributed by atoms with Crippen LogP contribution < -0.4 is 0 Å². The van der Waals surface area contributed by atoms with Crippen molar-refractivity contribution < 1.29 is 28.8 Å². The Morgan fingerprint density at radius 2 is 1.92 bits per heavy atom. The first-order valence-corrected chi connectivity index (χ1v) is 8.11. The highest BCUT2D eigenvalue weighted by Gasteiger charge is 2.56. The van der Waals surface area contributed by atoms with Crippen molar-refractivity contribution in [2.24, 2.45) is 0 Å². The molecule has 2 aliphatic rings. The van der Waals surface area contributed by atoms with E-state index >= 15 is 0 Å². The summed E-state index contributed by atoms with van der Waals surface area (Å²) in [6.07, 6.45) is -3.44. The Bertz CT molecular complexity index is 740. The summed E-state index contributed by atoms with van der Waals surface area (Å²) in [7, 11) is 0. The van der Waals surface area contributed by atoms with Crippen molar-refractivity contribution in [1.82, 2.24) is 0 Å². The number of fused-ring (bicyclic) bond motifs is 1. The summed E-state index contributed by atoms with van der Waals surface area (Å²) in [5, 5.41) is 21.7. The van der Waals surface area contributed by atoms with Crippen molar-refractivity contribution in [2.45, 2.75) is 30.2 Å². The minimum absolute atomic E-state index is 0.0966. The summed E-state index contributed by atoms with van der Waals surface area (Å²) in [5.41, 5.74) is -0.797. The average Bonchev–Trinajstić information content (AvgIpc) is 2.65. The molecule has 1 radical (unpaired) electrons. The molecule has 0 bridgehead atoms. The lowest BCUT2D eigenvalue weighted by molar-refractivity contribution is -0.345. The maximum absolute atomic E-state index is 13.6. The van der Waals surface area contributed by atoms with Crippen LogP contribution in [-0.4, -0.2) is 41.7 Å². The van der Waals surface area contributed by atoms with E-state index in [0.717, 1.165) is 11.6 Å². The predicted octanol–water partition coefficient (Wildman–Crippen LogP) is 1.69. The van der Waals surface area contributed by atoms with E-state index in [1.54, 1.807) is 0 Å². The van der Waals surface area contributed by atoms with Crippen molar-refractivity contribution in [3.63, 3.8) is 0 Å². The summed E-state index contributed by atoms with van der Waals surface area (Å²) in [6, 6.07) is 15.7. The van der Waals surface area contributed by atoms with E-state index in [2.05, 4.69) is 6.07 Å². The fourth-order valence-corrected chi connectivity index (χ4v) is 3.41. The molecule has 2 aliphatic heterocycles. The average molecular weight is 345 g/mol. The fraction of sp³-hybridized carbons (Fsp3) is 0.368. The van der Waals surface area contributed by atoms with Gasteiger partial charge in [-0.2, -0.15) is 0 Å². The first kappa shape index (κ1) is 16.6. The second-order valence-electron chi connectivity index (χ2n) is 6.27. The maximum atomic E-state index is 13.6. The van der Waals surface area contributed by atoms with Gasteiger partial charge in [-0.15, -0.1) is 0 Å². The topological polar surface area (TPSA) is 68.2 Å². The van der Waals surface area contributed by atoms with E-state index in [4.69, 9.17) is 14.2 Å². The van der Waals surface area contributed by atoms with E-state index in [1.165, 1.54) is 12.1 Å². The Balaban J connectivity index is 1.70. The predicted molar refractivity (Wildman–Crippen MR) is 84.9 cm³/mol. The first-order chi connectivity index (χ1) is 12.1. The van der Waals surface area contributed by atoms with Gasteiger partial charge in [0.05, 0.1) is 13.2 Å². The van der Waals surface area contributed by atoms with E-state index < -0.39 is 36.0 Å². The lowest BCUT2D eigenvalue weighted by Gasteiger charge is -2.50. The number of halogens is 1. The summed E-state index contributed by atoms with van der Waals surface area (Å²) in [5.74, 6) is -0.618. The first-order valence-electron chi connectivity index (χ1n) is 8.11. The SMILES string of the molecule is O[C@H]1CO[C@@H]2COC(c3ccccc3)O[C@H]2[C@@]1(O)c1cc[c]c(F)c1. The summed E-state index contributed by atoms with van der Waals surface area (Å²) in [6.45, 7) is 0.0985. The van der Waals surface area contributed by atoms with Crippen molar-refractivity contribution in [3.8, 4) is 0 Å². The van der Waals surface area contributed by atoms with Gasteiger partial charge in [0.15, 0.2) is 6.29 Å². The molecule has 2 N–H and O–H groups in total. The van der Waals surface area contributed by atoms with Gasteiger partial charge in [-0.25, -0.2) is 4.39 Å². The van der Waals surface area contributed by atoms with Crippen LogP contribution in [-0.2, 0) is 19.8 Å². The zero-order valence-electron chi connectivity index (χ0n) is 13.3. The van der Waals surface area contributed by atoms with Crippen LogP contribution in [0, 0.1) is 11.9 Å². The molecule has 6 heteroatoms. The Labute approximate surface area is 144 Å². The largest absolute Gasteiger partial charge is 0.387 e. The van der Waals surface area contributed by atoms with Crippen LogP contribution in [0.1, 0.15) is 17.4 Å². The molecule has 25 heavy (non-hydrogen) atoms. The molecule has 2 fully saturated rings. The molecule has 0 aromatic heterocycles. The second kappa shape index (κ2) is 6.48. The van der Waals surface area contributed by atoms with Gasteiger partial charge >= 0.3 is 0 Å². The summed E-state index contributed by atoms with van der Waals surface area (Å²) >= 11 is 0. The van der Waals surface area contributed by atoms with E-state index in [0.29, 0.717) is 0 Å². The van der Waals surface area contributed by atoms with Gasteiger partial charge in [-0.05, 0) is 11.6 Å². The van der Waals surface area contributed by atoms with Crippen LogP contribution in [0.2, 0.25) is 0 Å². The highest BCUT2D eigenvalue weighted by Crippen LogP contribution is 2.42. The third kappa shape index (κ3) is 2.86. The molecule has 0 amide bonds. The number of rotatable bonds is 2. The molecule has 1 unspecified atom stereocenters. The Morgan fingerprint density at radius 3 is 2.68 bits per heavy atom. The van der Waals surface area contributed by atoms with Crippen LogP contribution in [0.25, 0.3) is 0 Å². The molecular formula is C19H18FO5. The minimum Gasteiger partial charge on any atom is -0.387 e. The second-order valence-corrected chi connectivity index (χ2v) is 6.27. The van der Waals surface area contributed by atoms with E-state index in [-0.39, 0.29) is 18.8 Å². The molecule has 2 aromatic carbocycles. The third-order valence-electron chi connectivity index (χ3n) is 4.73. The van der Waals surface area contributed by atoms with Gasteiger partial charge in [0.1, 0.15) is 29.7 Å². The molecule has 2 aromatic rings. The van der Waals surface area contributed by atoms with Crippen LogP contribution in [0.5, 0.6) is 0 Å². The van der Waals surface area contributed by atoms with Gasteiger partial charge in [-0.3, -0.25) is 0 Å².